The van der Waals surface area contributed by atoms with Crippen molar-refractivity contribution in [3.05, 3.63) is 66.0 Å². The van der Waals surface area contributed by atoms with Crippen LogP contribution in [0.5, 0.6) is 0 Å². The molecule has 0 aliphatic carbocycles. The highest BCUT2D eigenvalue weighted by molar-refractivity contribution is 5.81. The third-order valence-corrected chi connectivity index (χ3v) is 5.36. The summed E-state index contributed by atoms with van der Waals surface area (Å²) in [5.74, 6) is 0.964. The number of likely N-dealkylation sites (tertiary alicyclic amines) is 1. The van der Waals surface area contributed by atoms with Gasteiger partial charge >= 0.3 is 0 Å². The fourth-order valence-electron chi connectivity index (χ4n) is 3.85. The number of fused-ring (bicyclic) bond motifs is 1. The molecule has 3 aromatic rings. The van der Waals surface area contributed by atoms with Crippen LogP contribution in [0.2, 0.25) is 0 Å². The summed E-state index contributed by atoms with van der Waals surface area (Å²) in [5.41, 5.74) is 2.84. The summed E-state index contributed by atoms with van der Waals surface area (Å²) in [7, 11) is 0. The Morgan fingerprint density at radius 3 is 2.48 bits per heavy atom. The van der Waals surface area contributed by atoms with Gasteiger partial charge in [-0.25, -0.2) is 4.98 Å². The van der Waals surface area contributed by atoms with Gasteiger partial charge in [-0.15, -0.1) is 0 Å². The van der Waals surface area contributed by atoms with Gasteiger partial charge in [0.25, 0.3) is 0 Å². The van der Waals surface area contributed by atoms with Crippen LogP contribution < -0.4 is 5.32 Å². The van der Waals surface area contributed by atoms with Gasteiger partial charge in [-0.05, 0) is 30.5 Å². The first-order valence-electron chi connectivity index (χ1n) is 10.2. The van der Waals surface area contributed by atoms with Crippen LogP contribution in [0.25, 0.3) is 11.0 Å². The normalized spacial score (nSPS) is 13.7. The van der Waals surface area contributed by atoms with E-state index in [1.807, 2.05) is 64.1 Å². The largest absolute Gasteiger partial charge is 0.355 e. The van der Waals surface area contributed by atoms with Crippen LogP contribution in [-0.4, -0.2) is 45.9 Å². The van der Waals surface area contributed by atoms with E-state index in [1.165, 1.54) is 0 Å². The SMILES string of the molecule is O=C(Cc1ccccc1)NCCc1nc2ccccc2n1CC(=O)N1CCCC1. The molecule has 0 bridgehead atoms. The zero-order chi connectivity index (χ0) is 20.1. The summed E-state index contributed by atoms with van der Waals surface area (Å²) in [4.78, 5) is 31.6. The lowest BCUT2D eigenvalue weighted by molar-refractivity contribution is -0.130. The third kappa shape index (κ3) is 4.65. The number of nitrogens with zero attached hydrogens (tertiary/aromatic N) is 3. The minimum Gasteiger partial charge on any atom is -0.355 e. The first-order chi connectivity index (χ1) is 14.2. The molecule has 1 aliphatic heterocycles. The molecule has 4 rings (SSSR count). The van der Waals surface area contributed by atoms with Gasteiger partial charge in [-0.2, -0.15) is 0 Å². The zero-order valence-corrected chi connectivity index (χ0v) is 16.5. The van der Waals surface area contributed by atoms with Gasteiger partial charge in [0.1, 0.15) is 12.4 Å². The van der Waals surface area contributed by atoms with Crippen molar-refractivity contribution < 1.29 is 9.59 Å². The van der Waals surface area contributed by atoms with Crippen molar-refractivity contribution in [2.45, 2.75) is 32.2 Å². The Kier molecular flexibility index (Phi) is 5.89. The number of amides is 2. The number of benzene rings is 2. The minimum atomic E-state index is -0.00740. The molecule has 6 heteroatoms. The maximum Gasteiger partial charge on any atom is 0.242 e. The highest BCUT2D eigenvalue weighted by Gasteiger charge is 2.20. The third-order valence-electron chi connectivity index (χ3n) is 5.36. The monoisotopic (exact) mass is 390 g/mol. The number of carbonyl (C=O) groups is 2. The van der Waals surface area contributed by atoms with Gasteiger partial charge in [0.2, 0.25) is 11.8 Å². The molecule has 2 amide bonds. The first-order valence-corrected chi connectivity index (χ1v) is 10.2. The van der Waals surface area contributed by atoms with Crippen LogP contribution in [-0.2, 0) is 29.0 Å². The number of rotatable bonds is 7. The standard InChI is InChI=1S/C23H26N4O2/c28-22(16-18-8-2-1-3-9-18)24-13-12-21-25-19-10-4-5-11-20(19)27(21)17-23(29)26-14-6-7-15-26/h1-5,8-11H,6-7,12-17H2,(H,24,28). The van der Waals surface area contributed by atoms with Gasteiger partial charge < -0.3 is 14.8 Å². The molecule has 1 N–H and O–H groups in total. The number of aromatic nitrogens is 2. The van der Waals surface area contributed by atoms with E-state index in [-0.39, 0.29) is 11.8 Å². The Balaban J connectivity index is 1.42. The lowest BCUT2D eigenvalue weighted by Gasteiger charge is -2.17. The van der Waals surface area contributed by atoms with E-state index in [0.717, 1.165) is 48.4 Å². The molecule has 6 nitrogen and oxygen atoms in total. The second-order valence-electron chi connectivity index (χ2n) is 7.45. The molecule has 2 heterocycles. The molecule has 150 valence electrons. The van der Waals surface area contributed by atoms with Crippen LogP contribution >= 0.6 is 0 Å². The van der Waals surface area contributed by atoms with Crippen LogP contribution in [0.3, 0.4) is 0 Å². The lowest BCUT2D eigenvalue weighted by atomic mass is 10.1. The van der Waals surface area contributed by atoms with Crippen molar-refractivity contribution in [3.8, 4) is 0 Å². The van der Waals surface area contributed by atoms with E-state index in [2.05, 4.69) is 5.32 Å². The van der Waals surface area contributed by atoms with E-state index in [9.17, 15) is 9.59 Å². The summed E-state index contributed by atoms with van der Waals surface area (Å²) in [6.45, 7) is 2.48. The summed E-state index contributed by atoms with van der Waals surface area (Å²) in [6.07, 6.45) is 3.11. The molecule has 1 aliphatic rings. The Morgan fingerprint density at radius 1 is 0.966 bits per heavy atom. The quantitative estimate of drug-likeness (QED) is 0.674. The number of nitrogens with one attached hydrogen (secondary N) is 1. The predicted molar refractivity (Wildman–Crippen MR) is 112 cm³/mol. The van der Waals surface area contributed by atoms with E-state index in [1.54, 1.807) is 0 Å². The van der Waals surface area contributed by atoms with Gasteiger partial charge in [-0.1, -0.05) is 42.5 Å². The van der Waals surface area contributed by atoms with Crippen molar-refractivity contribution in [1.29, 1.82) is 0 Å². The lowest BCUT2D eigenvalue weighted by Crippen LogP contribution is -2.32. The second-order valence-corrected chi connectivity index (χ2v) is 7.45. The number of para-hydroxylation sites is 2. The summed E-state index contributed by atoms with van der Waals surface area (Å²) in [5, 5.41) is 2.97. The number of hydrogen-bond donors (Lipinski definition) is 1. The Bertz CT molecular complexity index is 991. The van der Waals surface area contributed by atoms with Crippen molar-refractivity contribution >= 4 is 22.8 Å². The van der Waals surface area contributed by atoms with Gasteiger partial charge in [0, 0.05) is 26.1 Å². The van der Waals surface area contributed by atoms with E-state index >= 15 is 0 Å². The fourth-order valence-corrected chi connectivity index (χ4v) is 3.85. The minimum absolute atomic E-state index is 0.00740. The van der Waals surface area contributed by atoms with Crippen LogP contribution in [0.4, 0.5) is 0 Å². The highest BCUT2D eigenvalue weighted by atomic mass is 16.2. The molecule has 1 fully saturated rings. The zero-order valence-electron chi connectivity index (χ0n) is 16.5. The Morgan fingerprint density at radius 2 is 1.69 bits per heavy atom. The van der Waals surface area contributed by atoms with Crippen LogP contribution in [0, 0.1) is 0 Å². The van der Waals surface area contributed by atoms with Crippen LogP contribution in [0.1, 0.15) is 24.2 Å². The molecule has 2 aromatic carbocycles. The van der Waals surface area contributed by atoms with Gasteiger partial charge in [-0.3, -0.25) is 9.59 Å². The Hall–Kier alpha value is -3.15. The number of hydrogen-bond acceptors (Lipinski definition) is 3. The summed E-state index contributed by atoms with van der Waals surface area (Å²) < 4.78 is 2.00. The van der Waals surface area contributed by atoms with E-state index in [4.69, 9.17) is 4.98 Å². The number of carbonyl (C=O) groups excluding carboxylic acids is 2. The van der Waals surface area contributed by atoms with Gasteiger partial charge in [0.05, 0.1) is 17.5 Å². The molecular formula is C23H26N4O2. The fraction of sp³-hybridized carbons (Fsp3) is 0.348. The molecule has 0 atom stereocenters. The molecule has 29 heavy (non-hydrogen) atoms. The van der Waals surface area contributed by atoms with Crippen LogP contribution in [0.15, 0.2) is 54.6 Å². The van der Waals surface area contributed by atoms with Gasteiger partial charge in [0.15, 0.2) is 0 Å². The molecular weight excluding hydrogens is 364 g/mol. The van der Waals surface area contributed by atoms with Crippen molar-refractivity contribution in [2.75, 3.05) is 19.6 Å². The predicted octanol–water partition coefficient (Wildman–Crippen LogP) is 2.56. The molecule has 0 spiro atoms. The number of imidazole rings is 1. The average Bonchev–Trinajstić information content (AvgIpc) is 3.38. The Labute approximate surface area is 170 Å². The summed E-state index contributed by atoms with van der Waals surface area (Å²) >= 11 is 0. The van der Waals surface area contributed by atoms with Crippen molar-refractivity contribution in [3.63, 3.8) is 0 Å². The second kappa shape index (κ2) is 8.90. The molecule has 0 radical (unpaired) electrons. The van der Waals surface area contributed by atoms with E-state index in [0.29, 0.717) is 25.9 Å². The topological polar surface area (TPSA) is 67.2 Å². The molecule has 1 aromatic heterocycles. The maximum absolute atomic E-state index is 12.7. The van der Waals surface area contributed by atoms with Crippen molar-refractivity contribution in [2.24, 2.45) is 0 Å². The first kappa shape index (κ1) is 19.2. The smallest absolute Gasteiger partial charge is 0.242 e. The molecule has 0 unspecified atom stereocenters. The van der Waals surface area contributed by atoms with E-state index < -0.39 is 0 Å². The summed E-state index contributed by atoms with van der Waals surface area (Å²) in [6, 6.07) is 17.6. The molecule has 1 saturated heterocycles. The van der Waals surface area contributed by atoms with Crippen molar-refractivity contribution in [1.82, 2.24) is 19.8 Å². The highest BCUT2D eigenvalue weighted by Crippen LogP contribution is 2.18. The molecule has 0 saturated carbocycles. The average molecular weight is 390 g/mol. The maximum atomic E-state index is 12.7.